The topological polar surface area (TPSA) is 63.3 Å². The zero-order valence-electron chi connectivity index (χ0n) is 14.2. The zero-order valence-corrected chi connectivity index (χ0v) is 15.9. The molecule has 3 rings (SSSR count). The largest absolute Gasteiger partial charge is 1.00 e. The Bertz CT molecular complexity index is 732. The van der Waals surface area contributed by atoms with Gasteiger partial charge in [0.2, 0.25) is 0 Å². The lowest BCUT2D eigenvalue weighted by Crippen LogP contribution is -3.00. The number of aliphatic carboxylic acids is 1. The van der Waals surface area contributed by atoms with Gasteiger partial charge in [0.1, 0.15) is 29.2 Å². The molecular weight excluding hydrogens is 365 g/mol. The van der Waals surface area contributed by atoms with Crippen molar-refractivity contribution in [1.29, 1.82) is 0 Å². The van der Waals surface area contributed by atoms with E-state index in [4.69, 9.17) is 5.73 Å². The lowest BCUT2D eigenvalue weighted by Gasteiger charge is -2.28. The molecule has 0 fully saturated rings. The zero-order chi connectivity index (χ0) is 17.7. The molecule has 0 aliphatic heterocycles. The number of hydrogen-bond donors (Lipinski definition) is 2. The number of nitrogens with two attached hydrogens (primary N) is 1. The minimum atomic E-state index is -2.17. The molecule has 1 atom stereocenters. The van der Waals surface area contributed by atoms with Crippen LogP contribution in [0.2, 0.25) is 0 Å². The summed E-state index contributed by atoms with van der Waals surface area (Å²) in [6.45, 7) is 0. The third kappa shape index (κ3) is 3.96. The summed E-state index contributed by atoms with van der Waals surface area (Å²) in [4.78, 5) is 11.6. The maximum Gasteiger partial charge on any atom is 0.324 e. The molecule has 0 amide bonds. The number of carbonyl (C=O) groups is 1. The summed E-state index contributed by atoms with van der Waals surface area (Å²) >= 11 is 0. The van der Waals surface area contributed by atoms with Crippen LogP contribution in [0, 0.1) is 0 Å². The Morgan fingerprint density at radius 2 is 1.08 bits per heavy atom. The van der Waals surface area contributed by atoms with E-state index >= 15 is 0 Å². The molecule has 0 aliphatic rings. The molecule has 3 aromatic carbocycles. The monoisotopic (exact) mass is 385 g/mol. The lowest BCUT2D eigenvalue weighted by atomic mass is 10.3. The average Bonchev–Trinajstić information content (AvgIpc) is 2.68. The van der Waals surface area contributed by atoms with Crippen molar-refractivity contribution in [3.05, 3.63) is 91.0 Å². The van der Waals surface area contributed by atoms with E-state index in [1.165, 1.54) is 0 Å². The summed E-state index contributed by atoms with van der Waals surface area (Å²) in [5, 5.41) is 12.9. The minimum Gasteiger partial charge on any atom is -1.00 e. The fourth-order valence-electron chi connectivity index (χ4n) is 3.18. The summed E-state index contributed by atoms with van der Waals surface area (Å²) in [5.41, 5.74) is 6.04. The molecule has 0 radical (unpaired) electrons. The molecule has 0 unspecified atom stereocenters. The van der Waals surface area contributed by atoms with Crippen LogP contribution >= 0.6 is 7.26 Å². The van der Waals surface area contributed by atoms with Crippen molar-refractivity contribution < 1.29 is 22.3 Å². The number of carboxylic acids is 1. The molecule has 0 saturated heterocycles. The van der Waals surface area contributed by atoms with E-state index in [0.29, 0.717) is 6.16 Å². The maximum absolute atomic E-state index is 11.6. The van der Waals surface area contributed by atoms with Gasteiger partial charge >= 0.3 is 5.97 Å². The highest BCUT2D eigenvalue weighted by atomic mass is 35.5. The molecule has 26 heavy (non-hydrogen) atoms. The van der Waals surface area contributed by atoms with Gasteiger partial charge in [-0.05, 0) is 36.4 Å². The van der Waals surface area contributed by atoms with Gasteiger partial charge in [-0.1, -0.05) is 54.6 Å². The van der Waals surface area contributed by atoms with Crippen LogP contribution in [0.25, 0.3) is 0 Å². The Balaban J connectivity index is 0.00000243. The highest BCUT2D eigenvalue weighted by Gasteiger charge is 2.47. The molecule has 0 aromatic heterocycles. The van der Waals surface area contributed by atoms with E-state index < -0.39 is 19.3 Å². The first kappa shape index (κ1) is 20.1. The van der Waals surface area contributed by atoms with E-state index in [1.54, 1.807) is 0 Å². The second-order valence-electron chi connectivity index (χ2n) is 5.94. The molecule has 5 heteroatoms. The van der Waals surface area contributed by atoms with Gasteiger partial charge in [0.25, 0.3) is 0 Å². The smallest absolute Gasteiger partial charge is 0.324 e. The predicted octanol–water partition coefficient (Wildman–Crippen LogP) is -0.604. The summed E-state index contributed by atoms with van der Waals surface area (Å²) in [6.07, 6.45) is 0.389. The van der Waals surface area contributed by atoms with E-state index in [9.17, 15) is 9.90 Å². The Kier molecular flexibility index (Phi) is 6.93. The SMILES string of the molecule is N[C@@H](C[P+](c1ccccc1)(c1ccccc1)c1ccccc1)C(=O)O.[Cl-]. The highest BCUT2D eigenvalue weighted by molar-refractivity contribution is 7.95. The minimum absolute atomic E-state index is 0. The second kappa shape index (κ2) is 8.95. The van der Waals surface area contributed by atoms with Gasteiger partial charge < -0.3 is 23.2 Å². The summed E-state index contributed by atoms with van der Waals surface area (Å²) in [5.74, 6) is -0.966. The first-order valence-electron chi connectivity index (χ1n) is 8.18. The van der Waals surface area contributed by atoms with Crippen LogP contribution in [0.3, 0.4) is 0 Å². The molecular formula is C21H21ClNO2P. The highest BCUT2D eigenvalue weighted by Crippen LogP contribution is 2.55. The molecule has 3 aromatic rings. The van der Waals surface area contributed by atoms with Crippen molar-refractivity contribution in [2.24, 2.45) is 5.73 Å². The first-order valence-corrected chi connectivity index (χ1v) is 10.2. The summed E-state index contributed by atoms with van der Waals surface area (Å²) in [6, 6.07) is 29.5. The van der Waals surface area contributed by atoms with E-state index in [1.807, 2.05) is 54.6 Å². The van der Waals surface area contributed by atoms with Crippen molar-refractivity contribution >= 4 is 29.1 Å². The van der Waals surface area contributed by atoms with Gasteiger partial charge in [-0.3, -0.25) is 4.79 Å². The van der Waals surface area contributed by atoms with Gasteiger partial charge in [-0.2, -0.15) is 0 Å². The fraction of sp³-hybridized carbons (Fsp3) is 0.0952. The number of carboxylic acid groups (broad SMARTS) is 1. The number of halogens is 1. The van der Waals surface area contributed by atoms with Gasteiger partial charge in [0.05, 0.1) is 6.16 Å². The van der Waals surface area contributed by atoms with Crippen LogP contribution in [0.4, 0.5) is 0 Å². The van der Waals surface area contributed by atoms with E-state index in [0.717, 1.165) is 15.9 Å². The van der Waals surface area contributed by atoms with Crippen LogP contribution in [0.15, 0.2) is 91.0 Å². The average molecular weight is 386 g/mol. The van der Waals surface area contributed by atoms with Gasteiger partial charge in [-0.25, -0.2) is 0 Å². The van der Waals surface area contributed by atoms with Gasteiger partial charge in [-0.15, -0.1) is 0 Å². The van der Waals surface area contributed by atoms with Crippen LogP contribution in [-0.4, -0.2) is 23.3 Å². The molecule has 3 nitrogen and oxygen atoms in total. The molecule has 3 N–H and O–H groups in total. The maximum atomic E-state index is 11.6. The Morgan fingerprint density at radius 3 is 1.35 bits per heavy atom. The standard InChI is InChI=1S/C21H20NO2P.ClH/c22-20(21(23)24)16-25(17-10-4-1-5-11-17,18-12-6-2-7-13-18)19-14-8-3-9-15-19;/h1-15,20H,16,22H2;1H/t20-;/m0./s1. The second-order valence-corrected chi connectivity index (χ2v) is 9.48. The fourth-order valence-corrected chi connectivity index (χ4v) is 7.50. The van der Waals surface area contributed by atoms with E-state index in [-0.39, 0.29) is 12.4 Å². The third-order valence-electron chi connectivity index (χ3n) is 4.38. The molecule has 0 aliphatic carbocycles. The molecule has 134 valence electrons. The van der Waals surface area contributed by atoms with Gasteiger partial charge in [0, 0.05) is 0 Å². The predicted molar refractivity (Wildman–Crippen MR) is 106 cm³/mol. The molecule has 0 heterocycles. The van der Waals surface area contributed by atoms with Crippen molar-refractivity contribution in [2.75, 3.05) is 6.16 Å². The lowest BCUT2D eigenvalue weighted by molar-refractivity contribution is -0.137. The molecule has 0 spiro atoms. The number of rotatable bonds is 6. The molecule has 0 bridgehead atoms. The first-order chi connectivity index (χ1) is 12.1. The van der Waals surface area contributed by atoms with Crippen molar-refractivity contribution in [3.63, 3.8) is 0 Å². The van der Waals surface area contributed by atoms with E-state index in [2.05, 4.69) is 36.4 Å². The third-order valence-corrected chi connectivity index (χ3v) is 8.86. The van der Waals surface area contributed by atoms with Crippen LogP contribution in [0.5, 0.6) is 0 Å². The van der Waals surface area contributed by atoms with Crippen LogP contribution in [-0.2, 0) is 4.79 Å². The van der Waals surface area contributed by atoms with Crippen LogP contribution < -0.4 is 34.1 Å². The Labute approximate surface area is 160 Å². The van der Waals surface area contributed by atoms with Crippen molar-refractivity contribution in [1.82, 2.24) is 0 Å². The Hall–Kier alpha value is -2.19. The quantitative estimate of drug-likeness (QED) is 0.557. The number of hydrogen-bond acceptors (Lipinski definition) is 2. The van der Waals surface area contributed by atoms with Crippen molar-refractivity contribution in [3.8, 4) is 0 Å². The number of benzene rings is 3. The van der Waals surface area contributed by atoms with Crippen molar-refractivity contribution in [2.45, 2.75) is 6.04 Å². The van der Waals surface area contributed by atoms with Gasteiger partial charge in [0.15, 0.2) is 0 Å². The van der Waals surface area contributed by atoms with Crippen LogP contribution in [0.1, 0.15) is 0 Å². The Morgan fingerprint density at radius 1 is 0.769 bits per heavy atom. The summed E-state index contributed by atoms with van der Waals surface area (Å²) < 4.78 is 0. The molecule has 0 saturated carbocycles. The normalized spacial score (nSPS) is 12.0. The summed E-state index contributed by atoms with van der Waals surface area (Å²) in [7, 11) is -2.17.